The number of carbonyl (C=O) groups excluding carboxylic acids is 1. The number of nitrogens with one attached hydrogen (secondary N) is 1. The Hall–Kier alpha value is -2.89. The Morgan fingerprint density at radius 2 is 1.83 bits per heavy atom. The van der Waals surface area contributed by atoms with Crippen LogP contribution in [0.3, 0.4) is 0 Å². The first-order valence-corrected chi connectivity index (χ1v) is 10.4. The number of hydrogen-bond acceptors (Lipinski definition) is 3. The molecular weight excluding hydrogens is 419 g/mol. The first kappa shape index (κ1) is 20.4. The molecule has 2 aromatic heterocycles. The molecule has 2 heterocycles. The van der Waals surface area contributed by atoms with E-state index >= 15 is 0 Å². The molecule has 0 spiro atoms. The number of rotatable bonds is 7. The number of aromatic nitrogens is 3. The van der Waals surface area contributed by atoms with E-state index in [2.05, 4.69) is 14.9 Å². The van der Waals surface area contributed by atoms with Crippen LogP contribution in [0.5, 0.6) is 0 Å². The second-order valence-corrected chi connectivity index (χ2v) is 7.76. The lowest BCUT2D eigenvalue weighted by molar-refractivity contribution is -0.121. The van der Waals surface area contributed by atoms with Gasteiger partial charge in [0.1, 0.15) is 5.82 Å². The van der Waals surface area contributed by atoms with E-state index in [0.29, 0.717) is 36.0 Å². The number of benzene rings is 2. The highest BCUT2D eigenvalue weighted by atomic mass is 35.5. The number of para-hydroxylation sites is 2. The average molecular weight is 439 g/mol. The van der Waals surface area contributed by atoms with Gasteiger partial charge >= 0.3 is 0 Å². The molecule has 5 nitrogen and oxygen atoms in total. The fourth-order valence-electron chi connectivity index (χ4n) is 3.34. The van der Waals surface area contributed by atoms with E-state index in [-0.39, 0.29) is 5.91 Å². The van der Waals surface area contributed by atoms with E-state index in [1.807, 2.05) is 54.6 Å². The van der Waals surface area contributed by atoms with Gasteiger partial charge < -0.3 is 9.88 Å². The van der Waals surface area contributed by atoms with Crippen LogP contribution in [0.2, 0.25) is 10.0 Å². The van der Waals surface area contributed by atoms with Crippen molar-refractivity contribution in [1.29, 1.82) is 0 Å². The molecule has 7 heteroatoms. The van der Waals surface area contributed by atoms with Crippen molar-refractivity contribution in [3.63, 3.8) is 0 Å². The Labute approximate surface area is 184 Å². The molecule has 152 valence electrons. The molecule has 4 rings (SSSR count). The number of carbonyl (C=O) groups is 1. The van der Waals surface area contributed by atoms with Gasteiger partial charge in [-0.05, 0) is 42.0 Å². The maximum absolute atomic E-state index is 12.4. The van der Waals surface area contributed by atoms with Gasteiger partial charge in [-0.1, -0.05) is 47.5 Å². The summed E-state index contributed by atoms with van der Waals surface area (Å²) >= 11 is 12.2. The van der Waals surface area contributed by atoms with Crippen molar-refractivity contribution in [1.82, 2.24) is 19.9 Å². The number of fused-ring (bicyclic) bond motifs is 1. The monoisotopic (exact) mass is 438 g/mol. The molecule has 2 aromatic carbocycles. The van der Waals surface area contributed by atoms with Crippen LogP contribution in [0.25, 0.3) is 11.0 Å². The van der Waals surface area contributed by atoms with Crippen molar-refractivity contribution in [3.8, 4) is 0 Å². The highest BCUT2D eigenvalue weighted by molar-refractivity contribution is 6.42. The predicted molar refractivity (Wildman–Crippen MR) is 120 cm³/mol. The minimum absolute atomic E-state index is 0.0288. The lowest BCUT2D eigenvalue weighted by Crippen LogP contribution is -2.24. The molecule has 0 saturated heterocycles. The van der Waals surface area contributed by atoms with Crippen molar-refractivity contribution in [3.05, 3.63) is 94.0 Å². The van der Waals surface area contributed by atoms with Gasteiger partial charge in [0.25, 0.3) is 0 Å². The van der Waals surface area contributed by atoms with Gasteiger partial charge in [0, 0.05) is 25.6 Å². The molecule has 0 fully saturated rings. The minimum atomic E-state index is -0.0288. The molecule has 0 bridgehead atoms. The lowest BCUT2D eigenvalue weighted by Gasteiger charge is -2.10. The molecule has 0 radical (unpaired) electrons. The molecule has 0 aliphatic rings. The van der Waals surface area contributed by atoms with Crippen molar-refractivity contribution < 1.29 is 4.79 Å². The Bertz CT molecular complexity index is 1170. The van der Waals surface area contributed by atoms with E-state index in [1.54, 1.807) is 12.3 Å². The van der Waals surface area contributed by atoms with Crippen LogP contribution in [-0.4, -0.2) is 20.4 Å². The van der Waals surface area contributed by atoms with Gasteiger partial charge in [-0.15, -0.1) is 0 Å². The Morgan fingerprint density at radius 1 is 1.00 bits per heavy atom. The second-order valence-electron chi connectivity index (χ2n) is 6.94. The van der Waals surface area contributed by atoms with E-state index in [1.165, 1.54) is 0 Å². The zero-order valence-corrected chi connectivity index (χ0v) is 17.7. The van der Waals surface area contributed by atoms with Gasteiger partial charge in [0.05, 0.1) is 33.3 Å². The molecule has 4 aromatic rings. The van der Waals surface area contributed by atoms with Gasteiger partial charge in [-0.2, -0.15) is 0 Å². The summed E-state index contributed by atoms with van der Waals surface area (Å²) in [6.07, 6.45) is 2.66. The highest BCUT2D eigenvalue weighted by Crippen LogP contribution is 2.25. The SMILES string of the molecule is O=C(CCn1c(Cc2ccc(Cl)c(Cl)c2)nc2ccccc21)NCc1ccccn1. The number of nitrogens with zero attached hydrogens (tertiary/aromatic N) is 3. The van der Waals surface area contributed by atoms with E-state index in [4.69, 9.17) is 28.2 Å². The molecule has 0 saturated carbocycles. The third-order valence-corrected chi connectivity index (χ3v) is 5.57. The molecule has 30 heavy (non-hydrogen) atoms. The Balaban J connectivity index is 1.50. The Kier molecular flexibility index (Phi) is 6.31. The van der Waals surface area contributed by atoms with E-state index in [0.717, 1.165) is 28.1 Å². The molecule has 1 amide bonds. The second kappa shape index (κ2) is 9.28. The first-order chi connectivity index (χ1) is 14.6. The van der Waals surface area contributed by atoms with Crippen molar-refractivity contribution >= 4 is 40.1 Å². The average Bonchev–Trinajstić information content (AvgIpc) is 3.11. The summed E-state index contributed by atoms with van der Waals surface area (Å²) < 4.78 is 2.10. The van der Waals surface area contributed by atoms with Crippen LogP contribution >= 0.6 is 23.2 Å². The zero-order valence-electron chi connectivity index (χ0n) is 16.2. The predicted octanol–water partition coefficient (Wildman–Crippen LogP) is 5.04. The van der Waals surface area contributed by atoms with Crippen LogP contribution in [0.1, 0.15) is 23.5 Å². The highest BCUT2D eigenvalue weighted by Gasteiger charge is 2.13. The lowest BCUT2D eigenvalue weighted by atomic mass is 10.1. The summed E-state index contributed by atoms with van der Waals surface area (Å²) in [6.45, 7) is 0.950. The molecular formula is C23H20Cl2N4O. The van der Waals surface area contributed by atoms with E-state index in [9.17, 15) is 4.79 Å². The maximum atomic E-state index is 12.4. The summed E-state index contributed by atoms with van der Waals surface area (Å²) in [4.78, 5) is 21.4. The van der Waals surface area contributed by atoms with E-state index < -0.39 is 0 Å². The topological polar surface area (TPSA) is 59.8 Å². The third-order valence-electron chi connectivity index (χ3n) is 4.84. The minimum Gasteiger partial charge on any atom is -0.350 e. The van der Waals surface area contributed by atoms with Gasteiger partial charge in [-0.3, -0.25) is 9.78 Å². The first-order valence-electron chi connectivity index (χ1n) is 9.65. The molecule has 0 aliphatic carbocycles. The smallest absolute Gasteiger partial charge is 0.222 e. The van der Waals surface area contributed by atoms with Crippen LogP contribution in [-0.2, 0) is 24.3 Å². The maximum Gasteiger partial charge on any atom is 0.222 e. The van der Waals surface area contributed by atoms with Gasteiger partial charge in [-0.25, -0.2) is 4.98 Å². The molecule has 0 aliphatic heterocycles. The Morgan fingerprint density at radius 3 is 2.63 bits per heavy atom. The number of aryl methyl sites for hydroxylation is 1. The zero-order chi connectivity index (χ0) is 20.9. The summed E-state index contributed by atoms with van der Waals surface area (Å²) in [5.74, 6) is 0.853. The summed E-state index contributed by atoms with van der Waals surface area (Å²) in [5, 5.41) is 3.97. The fourth-order valence-corrected chi connectivity index (χ4v) is 3.66. The van der Waals surface area contributed by atoms with Crippen molar-refractivity contribution in [2.45, 2.75) is 25.9 Å². The fraction of sp³-hybridized carbons (Fsp3) is 0.174. The van der Waals surface area contributed by atoms with Crippen LogP contribution in [0.4, 0.5) is 0 Å². The number of halogens is 2. The van der Waals surface area contributed by atoms with Crippen LogP contribution in [0, 0.1) is 0 Å². The summed E-state index contributed by atoms with van der Waals surface area (Å²) in [5.41, 5.74) is 3.76. The third kappa shape index (κ3) is 4.81. The van der Waals surface area contributed by atoms with Gasteiger partial charge in [0.15, 0.2) is 0 Å². The number of imidazole rings is 1. The normalized spacial score (nSPS) is 11.0. The largest absolute Gasteiger partial charge is 0.350 e. The number of pyridine rings is 1. The quantitative estimate of drug-likeness (QED) is 0.439. The number of amides is 1. The van der Waals surface area contributed by atoms with Gasteiger partial charge in [0.2, 0.25) is 5.91 Å². The summed E-state index contributed by atoms with van der Waals surface area (Å²) in [6, 6.07) is 19.2. The van der Waals surface area contributed by atoms with Crippen LogP contribution in [0.15, 0.2) is 66.9 Å². The molecule has 0 atom stereocenters. The summed E-state index contributed by atoms with van der Waals surface area (Å²) in [7, 11) is 0. The van der Waals surface area contributed by atoms with Crippen molar-refractivity contribution in [2.75, 3.05) is 0 Å². The number of hydrogen-bond donors (Lipinski definition) is 1. The standard InChI is InChI=1S/C23H20Cl2N4O/c24-18-9-8-16(13-19(18)25)14-22-28-20-6-1-2-7-21(20)29(22)12-10-23(30)27-15-17-5-3-4-11-26-17/h1-9,11,13H,10,12,14-15H2,(H,27,30). The van der Waals surface area contributed by atoms with Crippen molar-refractivity contribution in [2.24, 2.45) is 0 Å². The molecule has 1 N–H and O–H groups in total. The molecule has 0 unspecified atom stereocenters. The van der Waals surface area contributed by atoms with Crippen LogP contribution < -0.4 is 5.32 Å².